The Morgan fingerprint density at radius 1 is 1.14 bits per heavy atom. The molecule has 1 heterocycles. The number of hydrogen-bond donors (Lipinski definition) is 0. The molecule has 146 valence electrons. The molecular weight excluding hydrogens is 372 g/mol. The van der Waals surface area contributed by atoms with E-state index in [-0.39, 0.29) is 24.8 Å². The number of carbonyl (C=O) groups excluding carboxylic acids is 1. The van der Waals surface area contributed by atoms with Crippen LogP contribution < -0.4 is 0 Å². The van der Waals surface area contributed by atoms with Gasteiger partial charge in [0.15, 0.2) is 0 Å². The SMILES string of the molecule is CC(=O)OC[C@H]1C=CC[C@@H](c2ccc(Cl)c(Cc3ccc(C4CC4)cc3)c2)O1. The summed E-state index contributed by atoms with van der Waals surface area (Å²) in [6.07, 6.45) is 8.02. The molecule has 0 N–H and O–H groups in total. The maximum absolute atomic E-state index is 11.0. The van der Waals surface area contributed by atoms with Gasteiger partial charge in [0.2, 0.25) is 0 Å². The second-order valence-corrected chi connectivity index (χ2v) is 8.08. The number of carbonyl (C=O) groups is 1. The lowest BCUT2D eigenvalue weighted by Gasteiger charge is -2.26. The quantitative estimate of drug-likeness (QED) is 0.460. The van der Waals surface area contributed by atoms with Crippen LogP contribution in [-0.4, -0.2) is 18.7 Å². The summed E-state index contributed by atoms with van der Waals surface area (Å²) in [6.45, 7) is 1.66. The molecule has 1 fully saturated rings. The lowest BCUT2D eigenvalue weighted by molar-refractivity contribution is -0.145. The van der Waals surface area contributed by atoms with Crippen LogP contribution in [0, 0.1) is 0 Å². The van der Waals surface area contributed by atoms with Gasteiger partial charge in [0.05, 0.1) is 6.10 Å². The molecule has 2 aliphatic rings. The van der Waals surface area contributed by atoms with E-state index in [1.54, 1.807) is 0 Å². The first kappa shape index (κ1) is 19.2. The smallest absolute Gasteiger partial charge is 0.302 e. The van der Waals surface area contributed by atoms with Crippen LogP contribution >= 0.6 is 11.6 Å². The fourth-order valence-electron chi connectivity index (χ4n) is 3.65. The molecule has 0 radical (unpaired) electrons. The van der Waals surface area contributed by atoms with Gasteiger partial charge in [-0.1, -0.05) is 60.2 Å². The minimum absolute atomic E-state index is 0.0567. The predicted molar refractivity (Wildman–Crippen MR) is 111 cm³/mol. The van der Waals surface area contributed by atoms with Crippen molar-refractivity contribution in [3.63, 3.8) is 0 Å². The number of hydrogen-bond acceptors (Lipinski definition) is 3. The minimum Gasteiger partial charge on any atom is -0.463 e. The van der Waals surface area contributed by atoms with Crippen LogP contribution in [0.3, 0.4) is 0 Å². The van der Waals surface area contributed by atoms with Gasteiger partial charge in [-0.25, -0.2) is 0 Å². The molecule has 1 saturated carbocycles. The van der Waals surface area contributed by atoms with E-state index in [1.807, 2.05) is 18.2 Å². The standard InChI is InChI=1S/C24H25ClO3/c1-16(26)27-15-22-3-2-4-24(28-22)20-11-12-23(25)21(14-20)13-17-5-7-18(8-6-17)19-9-10-19/h2-3,5-8,11-12,14,19,22,24H,4,9-10,13,15H2,1H3/t22-,24+/m1/s1. The third-order valence-electron chi connectivity index (χ3n) is 5.36. The normalized spacial score (nSPS) is 21.5. The van der Waals surface area contributed by atoms with E-state index in [2.05, 4.69) is 36.4 Å². The van der Waals surface area contributed by atoms with Crippen molar-refractivity contribution in [1.82, 2.24) is 0 Å². The van der Waals surface area contributed by atoms with Crippen LogP contribution in [-0.2, 0) is 20.7 Å². The Bertz CT molecular complexity index is 868. The Balaban J connectivity index is 1.45. The van der Waals surface area contributed by atoms with Crippen molar-refractivity contribution in [2.45, 2.75) is 50.7 Å². The average Bonchev–Trinajstić information content (AvgIpc) is 3.54. The highest BCUT2D eigenvalue weighted by Crippen LogP contribution is 2.40. The van der Waals surface area contributed by atoms with Gasteiger partial charge in [-0.15, -0.1) is 0 Å². The van der Waals surface area contributed by atoms with Gasteiger partial charge in [-0.05, 0) is 59.9 Å². The second kappa shape index (κ2) is 8.50. The summed E-state index contributed by atoms with van der Waals surface area (Å²) in [5, 5.41) is 0.776. The largest absolute Gasteiger partial charge is 0.463 e. The highest BCUT2D eigenvalue weighted by molar-refractivity contribution is 6.31. The molecule has 28 heavy (non-hydrogen) atoms. The van der Waals surface area contributed by atoms with E-state index in [1.165, 1.54) is 30.9 Å². The van der Waals surface area contributed by atoms with Gasteiger partial charge >= 0.3 is 5.97 Å². The van der Waals surface area contributed by atoms with E-state index >= 15 is 0 Å². The van der Waals surface area contributed by atoms with Crippen molar-refractivity contribution in [3.05, 3.63) is 81.9 Å². The molecule has 0 spiro atoms. The van der Waals surface area contributed by atoms with E-state index in [9.17, 15) is 4.79 Å². The Morgan fingerprint density at radius 2 is 1.89 bits per heavy atom. The Labute approximate surface area is 171 Å². The van der Waals surface area contributed by atoms with Gasteiger partial charge in [0.25, 0.3) is 0 Å². The summed E-state index contributed by atoms with van der Waals surface area (Å²) in [4.78, 5) is 11.0. The number of halogens is 1. The summed E-state index contributed by atoms with van der Waals surface area (Å²) < 4.78 is 11.2. The molecule has 2 aromatic carbocycles. The average molecular weight is 397 g/mol. The van der Waals surface area contributed by atoms with Crippen LogP contribution in [0.4, 0.5) is 0 Å². The molecule has 4 heteroatoms. The maximum atomic E-state index is 11.0. The maximum Gasteiger partial charge on any atom is 0.302 e. The Hall–Kier alpha value is -2.10. The molecule has 0 unspecified atom stereocenters. The first-order chi connectivity index (χ1) is 13.6. The van der Waals surface area contributed by atoms with E-state index in [0.29, 0.717) is 0 Å². The number of rotatable bonds is 6. The molecule has 1 aliphatic heterocycles. The van der Waals surface area contributed by atoms with E-state index in [4.69, 9.17) is 21.1 Å². The first-order valence-electron chi connectivity index (χ1n) is 9.91. The molecular formula is C24H25ClO3. The van der Waals surface area contributed by atoms with Crippen molar-refractivity contribution in [2.75, 3.05) is 6.61 Å². The van der Waals surface area contributed by atoms with Crippen LogP contribution in [0.2, 0.25) is 5.02 Å². The van der Waals surface area contributed by atoms with Crippen molar-refractivity contribution in [3.8, 4) is 0 Å². The van der Waals surface area contributed by atoms with Crippen LogP contribution in [0.15, 0.2) is 54.6 Å². The monoisotopic (exact) mass is 396 g/mol. The zero-order valence-corrected chi connectivity index (χ0v) is 16.8. The minimum atomic E-state index is -0.291. The first-order valence-corrected chi connectivity index (χ1v) is 10.3. The van der Waals surface area contributed by atoms with Gasteiger partial charge in [-0.2, -0.15) is 0 Å². The molecule has 1 aliphatic carbocycles. The highest BCUT2D eigenvalue weighted by atomic mass is 35.5. The highest BCUT2D eigenvalue weighted by Gasteiger charge is 2.23. The zero-order valence-electron chi connectivity index (χ0n) is 16.1. The van der Waals surface area contributed by atoms with Crippen LogP contribution in [0.1, 0.15) is 60.5 Å². The van der Waals surface area contributed by atoms with E-state index < -0.39 is 0 Å². The zero-order chi connectivity index (χ0) is 19.5. The summed E-state index contributed by atoms with van der Waals surface area (Å²) in [6, 6.07) is 15.0. The summed E-state index contributed by atoms with van der Waals surface area (Å²) in [5.41, 5.74) is 4.92. The van der Waals surface area contributed by atoms with Crippen molar-refractivity contribution in [2.24, 2.45) is 0 Å². The number of ether oxygens (including phenoxy) is 2. The lowest BCUT2D eigenvalue weighted by Crippen LogP contribution is -2.24. The number of esters is 1. The molecule has 3 nitrogen and oxygen atoms in total. The van der Waals surface area contributed by atoms with Crippen molar-refractivity contribution < 1.29 is 14.3 Å². The topological polar surface area (TPSA) is 35.5 Å². The van der Waals surface area contributed by atoms with Gasteiger partial charge in [0.1, 0.15) is 12.7 Å². The van der Waals surface area contributed by atoms with Gasteiger partial charge < -0.3 is 9.47 Å². The fourth-order valence-corrected chi connectivity index (χ4v) is 3.83. The van der Waals surface area contributed by atoms with Crippen LogP contribution in [0.5, 0.6) is 0 Å². The second-order valence-electron chi connectivity index (χ2n) is 7.67. The summed E-state index contributed by atoms with van der Waals surface area (Å²) in [5.74, 6) is 0.484. The van der Waals surface area contributed by atoms with Crippen molar-refractivity contribution in [1.29, 1.82) is 0 Å². The van der Waals surface area contributed by atoms with E-state index in [0.717, 1.165) is 34.9 Å². The van der Waals surface area contributed by atoms with Gasteiger partial charge in [0, 0.05) is 11.9 Å². The predicted octanol–water partition coefficient (Wildman–Crippen LogP) is 5.76. The number of benzene rings is 2. The third kappa shape index (κ3) is 4.84. The van der Waals surface area contributed by atoms with Crippen LogP contribution in [0.25, 0.3) is 0 Å². The Kier molecular flexibility index (Phi) is 5.84. The molecule has 0 aromatic heterocycles. The molecule has 0 bridgehead atoms. The molecule has 4 rings (SSSR count). The molecule has 2 atom stereocenters. The summed E-state index contributed by atoms with van der Waals surface area (Å²) >= 11 is 6.48. The third-order valence-corrected chi connectivity index (χ3v) is 5.72. The molecule has 2 aromatic rings. The lowest BCUT2D eigenvalue weighted by atomic mass is 9.97. The van der Waals surface area contributed by atoms with Gasteiger partial charge in [-0.3, -0.25) is 4.79 Å². The molecule has 0 saturated heterocycles. The molecule has 0 amide bonds. The van der Waals surface area contributed by atoms with Crippen molar-refractivity contribution >= 4 is 17.6 Å². The Morgan fingerprint density at radius 3 is 2.61 bits per heavy atom. The summed E-state index contributed by atoms with van der Waals surface area (Å²) in [7, 11) is 0. The fraction of sp³-hybridized carbons (Fsp3) is 0.375.